The predicted octanol–water partition coefficient (Wildman–Crippen LogP) is 2.81. The van der Waals surface area contributed by atoms with Crippen molar-refractivity contribution in [3.05, 3.63) is 29.3 Å². The van der Waals surface area contributed by atoms with Gasteiger partial charge >= 0.3 is 12.0 Å². The van der Waals surface area contributed by atoms with Crippen molar-refractivity contribution in [2.45, 2.75) is 57.4 Å². The second-order valence-corrected chi connectivity index (χ2v) is 9.08. The normalized spacial score (nSPS) is 27.5. The lowest BCUT2D eigenvalue weighted by Gasteiger charge is -2.34. The Kier molecular flexibility index (Phi) is 6.09. The van der Waals surface area contributed by atoms with Crippen LogP contribution < -0.4 is 10.2 Å². The number of carboxylic acid groups (broad SMARTS) is 1. The molecule has 30 heavy (non-hydrogen) atoms. The number of carbonyl (C=O) groups is 3. The van der Waals surface area contributed by atoms with Gasteiger partial charge in [-0.25, -0.2) is 4.79 Å². The fraction of sp³-hybridized carbons (Fsp3) is 0.609. The van der Waals surface area contributed by atoms with Crippen LogP contribution in [0.1, 0.15) is 49.7 Å². The van der Waals surface area contributed by atoms with Gasteiger partial charge in [0.05, 0.1) is 0 Å². The molecule has 0 spiro atoms. The van der Waals surface area contributed by atoms with E-state index in [2.05, 4.69) is 29.4 Å². The second-order valence-electron chi connectivity index (χ2n) is 9.08. The van der Waals surface area contributed by atoms with E-state index < -0.39 is 12.0 Å². The van der Waals surface area contributed by atoms with E-state index >= 15 is 0 Å². The van der Waals surface area contributed by atoms with Gasteiger partial charge in [0.15, 0.2) is 0 Å². The van der Waals surface area contributed by atoms with Crippen molar-refractivity contribution < 1.29 is 19.5 Å². The number of nitrogens with zero attached hydrogens (tertiary/aromatic N) is 2. The Bertz CT molecular complexity index is 832. The first kappa shape index (κ1) is 20.8. The van der Waals surface area contributed by atoms with E-state index in [0.29, 0.717) is 12.3 Å². The number of benzene rings is 1. The highest BCUT2D eigenvalue weighted by Crippen LogP contribution is 2.38. The summed E-state index contributed by atoms with van der Waals surface area (Å²) < 4.78 is 0. The van der Waals surface area contributed by atoms with Crippen LogP contribution in [0, 0.1) is 11.8 Å². The lowest BCUT2D eigenvalue weighted by atomic mass is 9.76. The number of fused-ring (bicyclic) bond motifs is 1. The Balaban J connectivity index is 1.50. The number of anilines is 1. The largest absolute Gasteiger partial charge is 0.481 e. The Morgan fingerprint density at radius 1 is 1.10 bits per heavy atom. The van der Waals surface area contributed by atoms with Crippen molar-refractivity contribution >= 4 is 23.6 Å². The van der Waals surface area contributed by atoms with E-state index in [0.717, 1.165) is 57.3 Å². The van der Waals surface area contributed by atoms with Gasteiger partial charge in [-0.15, -0.1) is 0 Å². The minimum absolute atomic E-state index is 0.113. The number of hydrogen-bond donors (Lipinski definition) is 2. The van der Waals surface area contributed by atoms with Crippen molar-refractivity contribution in [3.63, 3.8) is 0 Å². The number of imide groups is 1. The fourth-order valence-electron chi connectivity index (χ4n) is 5.28. The van der Waals surface area contributed by atoms with Gasteiger partial charge in [-0.1, -0.05) is 18.9 Å². The second kappa shape index (κ2) is 8.76. The van der Waals surface area contributed by atoms with Crippen molar-refractivity contribution in [2.24, 2.45) is 11.8 Å². The number of likely N-dealkylation sites (N-methyl/N-ethyl adjacent to an activating group) is 1. The van der Waals surface area contributed by atoms with E-state index in [-0.39, 0.29) is 24.3 Å². The quantitative estimate of drug-likeness (QED) is 0.725. The fourth-order valence-corrected chi connectivity index (χ4v) is 5.28. The standard InChI is InChI=1S/C23H31N3O4/c1-25-12-10-16-7-8-19(14-18(16)11-13-25)26-21(22(29)24-23(26)30)17-5-2-15(3-6-17)4-9-20(27)28/h7-8,14-15,17,21H,2-6,9-13H2,1H3,(H,27,28)(H,24,29,30). The van der Waals surface area contributed by atoms with Crippen LogP contribution in [0.3, 0.4) is 0 Å². The SMILES string of the molecule is CN1CCc2ccc(N3C(=O)NC(=O)C3C3CCC(CCC(=O)O)CC3)cc2CC1. The van der Waals surface area contributed by atoms with Crippen LogP contribution in [0.4, 0.5) is 10.5 Å². The molecule has 2 fully saturated rings. The Morgan fingerprint density at radius 2 is 1.80 bits per heavy atom. The van der Waals surface area contributed by atoms with Crippen molar-refractivity contribution in [1.82, 2.24) is 10.2 Å². The lowest BCUT2D eigenvalue weighted by molar-refractivity contribution is -0.137. The van der Waals surface area contributed by atoms with Crippen LogP contribution in [-0.2, 0) is 22.4 Å². The summed E-state index contributed by atoms with van der Waals surface area (Å²) in [7, 11) is 2.13. The number of rotatable bonds is 5. The molecule has 1 atom stereocenters. The number of carboxylic acids is 1. The average Bonchev–Trinajstić information content (AvgIpc) is 2.90. The zero-order chi connectivity index (χ0) is 21.3. The van der Waals surface area contributed by atoms with E-state index in [1.807, 2.05) is 6.07 Å². The number of carbonyl (C=O) groups excluding carboxylic acids is 2. The first-order valence-electron chi connectivity index (χ1n) is 11.1. The number of hydrogen-bond acceptors (Lipinski definition) is 4. The van der Waals surface area contributed by atoms with E-state index in [9.17, 15) is 14.4 Å². The van der Waals surface area contributed by atoms with Crippen molar-refractivity contribution in [3.8, 4) is 0 Å². The highest BCUT2D eigenvalue weighted by atomic mass is 16.4. The molecule has 2 heterocycles. The number of aliphatic carboxylic acids is 1. The summed E-state index contributed by atoms with van der Waals surface area (Å²) in [6, 6.07) is 5.39. The third kappa shape index (κ3) is 4.36. The molecule has 1 aliphatic carbocycles. The van der Waals surface area contributed by atoms with Gasteiger partial charge in [-0.3, -0.25) is 19.8 Å². The summed E-state index contributed by atoms with van der Waals surface area (Å²) in [5.41, 5.74) is 3.39. The number of nitrogens with one attached hydrogen (secondary N) is 1. The zero-order valence-corrected chi connectivity index (χ0v) is 17.6. The van der Waals surface area contributed by atoms with Gasteiger partial charge in [-0.05, 0) is 74.2 Å². The van der Waals surface area contributed by atoms with Gasteiger partial charge < -0.3 is 10.0 Å². The topological polar surface area (TPSA) is 90.0 Å². The first-order chi connectivity index (χ1) is 14.4. The Hall–Kier alpha value is -2.41. The van der Waals surface area contributed by atoms with Gasteiger partial charge in [0.2, 0.25) is 0 Å². The smallest absolute Gasteiger partial charge is 0.329 e. The molecule has 3 amide bonds. The maximum atomic E-state index is 12.7. The molecule has 162 valence electrons. The molecule has 1 aromatic rings. The van der Waals surface area contributed by atoms with E-state index in [1.54, 1.807) is 4.90 Å². The van der Waals surface area contributed by atoms with Crippen LogP contribution >= 0.6 is 0 Å². The summed E-state index contributed by atoms with van der Waals surface area (Å²) in [6.45, 7) is 2.02. The predicted molar refractivity (Wildman–Crippen MR) is 113 cm³/mol. The van der Waals surface area contributed by atoms with Gasteiger partial charge in [0.1, 0.15) is 6.04 Å². The van der Waals surface area contributed by atoms with Crippen LogP contribution in [0.25, 0.3) is 0 Å². The zero-order valence-electron chi connectivity index (χ0n) is 17.6. The minimum atomic E-state index is -0.751. The molecule has 1 saturated carbocycles. The maximum absolute atomic E-state index is 12.7. The molecule has 3 aliphatic rings. The third-order valence-corrected chi connectivity index (χ3v) is 7.09. The average molecular weight is 414 g/mol. The lowest BCUT2D eigenvalue weighted by Crippen LogP contribution is -2.42. The van der Waals surface area contributed by atoms with Gasteiger partial charge in [-0.2, -0.15) is 0 Å². The molecule has 2 N–H and O–H groups in total. The van der Waals surface area contributed by atoms with E-state index in [1.165, 1.54) is 11.1 Å². The molecule has 0 bridgehead atoms. The van der Waals surface area contributed by atoms with Crippen LogP contribution in [0.5, 0.6) is 0 Å². The highest BCUT2D eigenvalue weighted by Gasteiger charge is 2.45. The molecule has 2 aliphatic heterocycles. The maximum Gasteiger partial charge on any atom is 0.329 e. The monoisotopic (exact) mass is 413 g/mol. The first-order valence-corrected chi connectivity index (χ1v) is 11.1. The molecule has 4 rings (SSSR count). The minimum Gasteiger partial charge on any atom is -0.481 e. The molecule has 7 heteroatoms. The Labute approximate surface area is 177 Å². The highest BCUT2D eigenvalue weighted by molar-refractivity contribution is 6.14. The summed E-state index contributed by atoms with van der Waals surface area (Å²) in [5, 5.41) is 11.4. The van der Waals surface area contributed by atoms with Crippen LogP contribution in [-0.4, -0.2) is 54.1 Å². The summed E-state index contributed by atoms with van der Waals surface area (Å²) in [6.07, 6.45) is 6.38. The summed E-state index contributed by atoms with van der Waals surface area (Å²) >= 11 is 0. The molecule has 1 aromatic carbocycles. The summed E-state index contributed by atoms with van der Waals surface area (Å²) in [5.74, 6) is -0.444. The number of urea groups is 1. The molecular weight excluding hydrogens is 382 g/mol. The molecular formula is C23H31N3O4. The van der Waals surface area contributed by atoms with E-state index in [4.69, 9.17) is 5.11 Å². The number of amides is 3. The van der Waals surface area contributed by atoms with Crippen molar-refractivity contribution in [1.29, 1.82) is 0 Å². The molecule has 0 aromatic heterocycles. The summed E-state index contributed by atoms with van der Waals surface area (Å²) in [4.78, 5) is 40.2. The molecule has 1 unspecified atom stereocenters. The van der Waals surface area contributed by atoms with Gasteiger partial charge in [0, 0.05) is 25.2 Å². The van der Waals surface area contributed by atoms with Crippen LogP contribution in [0.2, 0.25) is 0 Å². The van der Waals surface area contributed by atoms with Crippen LogP contribution in [0.15, 0.2) is 18.2 Å². The molecule has 0 radical (unpaired) electrons. The third-order valence-electron chi connectivity index (χ3n) is 7.09. The molecule has 1 saturated heterocycles. The van der Waals surface area contributed by atoms with Gasteiger partial charge in [0.25, 0.3) is 5.91 Å². The molecule has 7 nitrogen and oxygen atoms in total. The Morgan fingerprint density at radius 3 is 2.50 bits per heavy atom. The van der Waals surface area contributed by atoms with Crippen molar-refractivity contribution in [2.75, 3.05) is 25.0 Å².